The van der Waals surface area contributed by atoms with Gasteiger partial charge < -0.3 is 19.5 Å². The van der Waals surface area contributed by atoms with E-state index in [1.807, 2.05) is 17.2 Å². The zero-order valence-corrected chi connectivity index (χ0v) is 21.6. The average Bonchev–Trinajstić information content (AvgIpc) is 3.14. The molecular formula is C22H20Cl4N2O4S. The van der Waals surface area contributed by atoms with Crippen LogP contribution in [0.4, 0.5) is 0 Å². The molecule has 0 saturated heterocycles. The summed E-state index contributed by atoms with van der Waals surface area (Å²) in [6.07, 6.45) is 1.83. The molecule has 0 aromatic heterocycles. The summed E-state index contributed by atoms with van der Waals surface area (Å²) in [4.78, 5) is 19.4. The summed E-state index contributed by atoms with van der Waals surface area (Å²) < 4.78 is 11.0. The summed E-state index contributed by atoms with van der Waals surface area (Å²) >= 11 is 14.2. The normalized spacial score (nSPS) is 16.8. The van der Waals surface area contributed by atoms with Crippen molar-refractivity contribution in [3.05, 3.63) is 75.0 Å². The molecule has 2 aromatic carbocycles. The fraction of sp³-hybridized carbons (Fsp3) is 0.182. The number of aliphatic carboxylic acids is 1. The SMILES string of the molecule is COc1cccc([C@H]2C(C(=O)O)=C(C)N=C3SC(c4c(Cl)cccc4Cl)=CN32)c1OC.Cl.Cl. The molecular weight excluding hydrogens is 530 g/mol. The predicted octanol–water partition coefficient (Wildman–Crippen LogP) is 6.67. The summed E-state index contributed by atoms with van der Waals surface area (Å²) in [5.74, 6) is -0.0834. The number of halogens is 4. The molecule has 0 aliphatic carbocycles. The Hall–Kier alpha value is -2.03. The zero-order chi connectivity index (χ0) is 22.3. The number of allylic oxidation sites excluding steroid dienone is 1. The van der Waals surface area contributed by atoms with Gasteiger partial charge in [0.2, 0.25) is 0 Å². The minimum atomic E-state index is -1.06. The number of aliphatic imine (C=N–C) groups is 1. The number of carboxylic acids is 1. The highest BCUT2D eigenvalue weighted by atomic mass is 35.5. The first kappa shape index (κ1) is 27.2. The molecule has 0 spiro atoms. The third-order valence-corrected chi connectivity index (χ3v) is 6.69. The molecule has 1 atom stereocenters. The molecule has 6 nitrogen and oxygen atoms in total. The van der Waals surface area contributed by atoms with Crippen molar-refractivity contribution >= 4 is 75.8 Å². The second-order valence-corrected chi connectivity index (χ2v) is 8.61. The Morgan fingerprint density at radius 1 is 1.09 bits per heavy atom. The first-order valence-electron chi connectivity index (χ1n) is 9.23. The minimum absolute atomic E-state index is 0. The van der Waals surface area contributed by atoms with Gasteiger partial charge in [0.05, 0.1) is 41.6 Å². The molecule has 176 valence electrons. The van der Waals surface area contributed by atoms with Gasteiger partial charge in [0, 0.05) is 22.2 Å². The van der Waals surface area contributed by atoms with E-state index in [4.69, 9.17) is 32.7 Å². The summed E-state index contributed by atoms with van der Waals surface area (Å²) in [6, 6.07) is 10.0. The molecule has 2 aromatic rings. The monoisotopic (exact) mass is 548 g/mol. The van der Waals surface area contributed by atoms with Crippen LogP contribution in [-0.2, 0) is 4.79 Å². The van der Waals surface area contributed by atoms with Gasteiger partial charge in [-0.25, -0.2) is 9.79 Å². The lowest BCUT2D eigenvalue weighted by Crippen LogP contribution is -2.33. The zero-order valence-electron chi connectivity index (χ0n) is 17.7. The number of rotatable bonds is 5. The Morgan fingerprint density at radius 2 is 1.73 bits per heavy atom. The van der Waals surface area contributed by atoms with Crippen LogP contribution >= 0.6 is 59.8 Å². The Balaban J connectivity index is 0.00000193. The van der Waals surface area contributed by atoms with Crippen molar-refractivity contribution in [2.45, 2.75) is 13.0 Å². The number of benzene rings is 2. The topological polar surface area (TPSA) is 71.4 Å². The quantitative estimate of drug-likeness (QED) is 0.449. The van der Waals surface area contributed by atoms with Crippen LogP contribution in [-0.4, -0.2) is 35.4 Å². The lowest BCUT2D eigenvalue weighted by Gasteiger charge is -2.33. The van der Waals surface area contributed by atoms with Gasteiger partial charge in [-0.05, 0) is 36.9 Å². The van der Waals surface area contributed by atoms with E-state index in [9.17, 15) is 9.90 Å². The summed E-state index contributed by atoms with van der Waals surface area (Å²) in [5, 5.41) is 11.7. The van der Waals surface area contributed by atoms with Crippen molar-refractivity contribution < 1.29 is 19.4 Å². The van der Waals surface area contributed by atoms with E-state index in [2.05, 4.69) is 4.99 Å². The van der Waals surface area contributed by atoms with Gasteiger partial charge in [0.1, 0.15) is 0 Å². The maximum absolute atomic E-state index is 12.3. The summed E-state index contributed by atoms with van der Waals surface area (Å²) in [6.45, 7) is 1.69. The first-order valence-corrected chi connectivity index (χ1v) is 10.8. The third-order valence-electron chi connectivity index (χ3n) is 5.05. The minimum Gasteiger partial charge on any atom is -0.493 e. The number of amidine groups is 1. The fourth-order valence-corrected chi connectivity index (χ4v) is 5.56. The van der Waals surface area contributed by atoms with E-state index in [0.717, 1.165) is 4.91 Å². The number of fused-ring (bicyclic) bond motifs is 1. The molecule has 2 aliphatic rings. The molecule has 1 N–H and O–H groups in total. The molecule has 0 radical (unpaired) electrons. The molecule has 33 heavy (non-hydrogen) atoms. The Bertz CT molecular complexity index is 1160. The van der Waals surface area contributed by atoms with Crippen molar-refractivity contribution in [2.75, 3.05) is 14.2 Å². The van der Waals surface area contributed by atoms with Crippen LogP contribution in [0.15, 0.2) is 58.9 Å². The number of hydrogen-bond donors (Lipinski definition) is 1. The van der Waals surface area contributed by atoms with E-state index in [-0.39, 0.29) is 30.4 Å². The average molecular weight is 550 g/mol. The van der Waals surface area contributed by atoms with Crippen molar-refractivity contribution in [3.63, 3.8) is 0 Å². The first-order chi connectivity index (χ1) is 14.9. The largest absolute Gasteiger partial charge is 0.493 e. The number of hydrogen-bond acceptors (Lipinski definition) is 6. The molecule has 2 aliphatic heterocycles. The van der Waals surface area contributed by atoms with Gasteiger partial charge in [-0.2, -0.15) is 0 Å². The van der Waals surface area contributed by atoms with Gasteiger partial charge in [-0.3, -0.25) is 0 Å². The maximum Gasteiger partial charge on any atom is 0.335 e. The lowest BCUT2D eigenvalue weighted by atomic mass is 9.93. The van der Waals surface area contributed by atoms with Crippen molar-refractivity contribution in [3.8, 4) is 11.5 Å². The number of ether oxygens (including phenoxy) is 2. The molecule has 0 amide bonds. The Morgan fingerprint density at radius 3 is 2.30 bits per heavy atom. The number of para-hydroxylation sites is 1. The van der Waals surface area contributed by atoms with Gasteiger partial charge in [-0.1, -0.05) is 41.4 Å². The van der Waals surface area contributed by atoms with Crippen LogP contribution in [0, 0.1) is 0 Å². The fourth-order valence-electron chi connectivity index (χ4n) is 3.72. The Labute approximate surface area is 218 Å². The molecule has 0 saturated carbocycles. The van der Waals surface area contributed by atoms with Crippen LogP contribution in [0.5, 0.6) is 11.5 Å². The molecule has 11 heteroatoms. The summed E-state index contributed by atoms with van der Waals surface area (Å²) in [5.41, 5.74) is 1.90. The standard InChI is InChI=1S/C22H18Cl2N2O4S.2ClH/c1-11-17(21(27)28)19(12-6-4-9-15(29-2)20(12)30-3)26-10-16(31-22(26)25-11)18-13(23)7-5-8-14(18)24;;/h4-10,19H,1-3H3,(H,27,28);2*1H/t19-;;/m0../s1. The molecule has 0 fully saturated rings. The molecule has 0 unspecified atom stereocenters. The number of methoxy groups -OCH3 is 2. The van der Waals surface area contributed by atoms with Crippen molar-refractivity contribution in [2.24, 2.45) is 4.99 Å². The maximum atomic E-state index is 12.3. The van der Waals surface area contributed by atoms with Crippen LogP contribution < -0.4 is 9.47 Å². The number of thioether (sulfide) groups is 1. The number of carbonyl (C=O) groups is 1. The second kappa shape index (κ2) is 10.9. The van der Waals surface area contributed by atoms with Crippen LogP contribution in [0.25, 0.3) is 4.91 Å². The number of carboxylic acid groups (broad SMARTS) is 1. The molecule has 4 rings (SSSR count). The van der Waals surface area contributed by atoms with Crippen molar-refractivity contribution in [1.82, 2.24) is 4.90 Å². The van der Waals surface area contributed by atoms with Crippen molar-refractivity contribution in [1.29, 1.82) is 0 Å². The highest BCUT2D eigenvalue weighted by Gasteiger charge is 2.41. The lowest BCUT2D eigenvalue weighted by molar-refractivity contribution is -0.133. The Kier molecular flexibility index (Phi) is 9.01. The highest BCUT2D eigenvalue weighted by Crippen LogP contribution is 2.50. The summed E-state index contributed by atoms with van der Waals surface area (Å²) in [7, 11) is 3.07. The second-order valence-electron chi connectivity index (χ2n) is 6.78. The van der Waals surface area contributed by atoms with Gasteiger partial charge >= 0.3 is 5.97 Å². The number of nitrogens with zero attached hydrogens (tertiary/aromatic N) is 2. The van der Waals surface area contributed by atoms with Crippen LogP contribution in [0.3, 0.4) is 0 Å². The highest BCUT2D eigenvalue weighted by molar-refractivity contribution is 8.22. The van der Waals surface area contributed by atoms with E-state index in [0.29, 0.717) is 43.5 Å². The van der Waals surface area contributed by atoms with Gasteiger partial charge in [0.15, 0.2) is 16.7 Å². The predicted molar refractivity (Wildman–Crippen MR) is 138 cm³/mol. The van der Waals surface area contributed by atoms with Crippen LogP contribution in [0.1, 0.15) is 24.1 Å². The van der Waals surface area contributed by atoms with Gasteiger partial charge in [0.25, 0.3) is 0 Å². The third kappa shape index (κ3) is 4.79. The smallest absolute Gasteiger partial charge is 0.335 e. The van der Waals surface area contributed by atoms with Gasteiger partial charge in [-0.15, -0.1) is 24.8 Å². The molecule has 2 heterocycles. The van der Waals surface area contributed by atoms with E-state index in [1.54, 1.807) is 37.3 Å². The molecule has 0 bridgehead atoms. The van der Waals surface area contributed by atoms with Crippen LogP contribution in [0.2, 0.25) is 10.0 Å². The van der Waals surface area contributed by atoms with E-state index < -0.39 is 12.0 Å². The van der Waals surface area contributed by atoms with E-state index >= 15 is 0 Å². The van der Waals surface area contributed by atoms with E-state index in [1.165, 1.54) is 26.0 Å².